The van der Waals surface area contributed by atoms with Gasteiger partial charge in [-0.2, -0.15) is 0 Å². The Kier molecular flexibility index (Phi) is 3.44. The second kappa shape index (κ2) is 4.52. The molecule has 1 heteroatoms. The number of aliphatic hydroxyl groups is 1. The Morgan fingerprint density at radius 3 is 2.94 bits per heavy atom. The Labute approximate surface area is 99.9 Å². The Balaban J connectivity index is 2.16. The van der Waals surface area contributed by atoms with Crippen molar-refractivity contribution < 1.29 is 5.11 Å². The molecular formula is C15H26O. The van der Waals surface area contributed by atoms with Crippen molar-refractivity contribution in [3.05, 3.63) is 11.6 Å². The van der Waals surface area contributed by atoms with Crippen molar-refractivity contribution in [1.29, 1.82) is 0 Å². The molecule has 1 saturated carbocycles. The predicted molar refractivity (Wildman–Crippen MR) is 68.2 cm³/mol. The number of allylic oxidation sites excluding steroid dienone is 2. The summed E-state index contributed by atoms with van der Waals surface area (Å²) >= 11 is 0. The molecule has 0 radical (unpaired) electrons. The SMILES string of the molecule is CC(CO)C1CCC2=CCCC(C)C2(C)C1. The van der Waals surface area contributed by atoms with Crippen LogP contribution in [0, 0.1) is 23.2 Å². The average molecular weight is 222 g/mol. The van der Waals surface area contributed by atoms with Crippen molar-refractivity contribution >= 4 is 0 Å². The van der Waals surface area contributed by atoms with Gasteiger partial charge in [-0.25, -0.2) is 0 Å². The van der Waals surface area contributed by atoms with Gasteiger partial charge in [-0.3, -0.25) is 0 Å². The van der Waals surface area contributed by atoms with E-state index in [1.54, 1.807) is 5.57 Å². The third kappa shape index (κ3) is 1.95. The summed E-state index contributed by atoms with van der Waals surface area (Å²) in [5.74, 6) is 2.03. The van der Waals surface area contributed by atoms with Gasteiger partial charge >= 0.3 is 0 Å². The molecule has 1 nitrogen and oxygen atoms in total. The van der Waals surface area contributed by atoms with Gasteiger partial charge in [0.15, 0.2) is 0 Å². The molecule has 16 heavy (non-hydrogen) atoms. The zero-order valence-corrected chi connectivity index (χ0v) is 11.0. The summed E-state index contributed by atoms with van der Waals surface area (Å²) < 4.78 is 0. The predicted octanol–water partition coefficient (Wildman–Crippen LogP) is 3.78. The van der Waals surface area contributed by atoms with Gasteiger partial charge in [0.05, 0.1) is 0 Å². The number of hydrogen-bond acceptors (Lipinski definition) is 1. The largest absolute Gasteiger partial charge is 0.396 e. The van der Waals surface area contributed by atoms with Crippen LogP contribution in [0.5, 0.6) is 0 Å². The van der Waals surface area contributed by atoms with Crippen molar-refractivity contribution in [2.24, 2.45) is 23.2 Å². The van der Waals surface area contributed by atoms with E-state index in [1.165, 1.54) is 32.1 Å². The highest BCUT2D eigenvalue weighted by molar-refractivity contribution is 5.21. The number of fused-ring (bicyclic) bond motifs is 1. The third-order valence-electron chi connectivity index (χ3n) is 5.38. The van der Waals surface area contributed by atoms with Crippen molar-refractivity contribution in [1.82, 2.24) is 0 Å². The molecule has 0 aliphatic heterocycles. The molecule has 0 bridgehead atoms. The van der Waals surface area contributed by atoms with Gasteiger partial charge in [-0.05, 0) is 55.3 Å². The van der Waals surface area contributed by atoms with E-state index in [0.717, 1.165) is 11.8 Å². The zero-order valence-electron chi connectivity index (χ0n) is 11.0. The maximum atomic E-state index is 9.32. The molecule has 0 aromatic heterocycles. The molecule has 2 aliphatic rings. The van der Waals surface area contributed by atoms with E-state index < -0.39 is 0 Å². The van der Waals surface area contributed by atoms with E-state index in [0.29, 0.717) is 17.9 Å². The molecule has 4 unspecified atom stereocenters. The van der Waals surface area contributed by atoms with Crippen molar-refractivity contribution in [2.45, 2.75) is 52.9 Å². The van der Waals surface area contributed by atoms with Gasteiger partial charge in [0.25, 0.3) is 0 Å². The Morgan fingerprint density at radius 1 is 1.50 bits per heavy atom. The van der Waals surface area contributed by atoms with Crippen LogP contribution in [0.15, 0.2) is 11.6 Å². The Morgan fingerprint density at radius 2 is 2.25 bits per heavy atom. The summed E-state index contributed by atoms with van der Waals surface area (Å²) in [5.41, 5.74) is 2.15. The first-order valence-electron chi connectivity index (χ1n) is 6.88. The Hall–Kier alpha value is -0.300. The first kappa shape index (κ1) is 12.2. The van der Waals surface area contributed by atoms with E-state index in [9.17, 15) is 5.11 Å². The number of hydrogen-bond donors (Lipinski definition) is 1. The summed E-state index contributed by atoms with van der Waals surface area (Å²) in [6.45, 7) is 7.43. The first-order chi connectivity index (χ1) is 7.58. The van der Waals surface area contributed by atoms with Crippen molar-refractivity contribution in [3.8, 4) is 0 Å². The Bertz CT molecular complexity index is 281. The maximum absolute atomic E-state index is 9.32. The lowest BCUT2D eigenvalue weighted by Gasteiger charge is -2.48. The van der Waals surface area contributed by atoms with Crippen LogP contribution >= 0.6 is 0 Å². The lowest BCUT2D eigenvalue weighted by molar-refractivity contribution is 0.0871. The molecule has 0 saturated heterocycles. The number of aliphatic hydroxyl groups excluding tert-OH is 1. The monoisotopic (exact) mass is 222 g/mol. The van der Waals surface area contributed by atoms with Crippen LogP contribution in [0.25, 0.3) is 0 Å². The quantitative estimate of drug-likeness (QED) is 0.705. The second-order valence-corrected chi connectivity index (χ2v) is 6.29. The second-order valence-electron chi connectivity index (χ2n) is 6.29. The molecule has 0 heterocycles. The topological polar surface area (TPSA) is 20.2 Å². The summed E-state index contributed by atoms with van der Waals surface area (Å²) in [4.78, 5) is 0. The standard InChI is InChI=1S/C15H26O/c1-11(10-16)13-7-8-14-6-4-5-12(2)15(14,3)9-13/h6,11-13,16H,4-5,7-10H2,1-3H3. The van der Waals surface area contributed by atoms with Gasteiger partial charge in [0.2, 0.25) is 0 Å². The minimum atomic E-state index is 0.355. The molecule has 92 valence electrons. The average Bonchev–Trinajstić information content (AvgIpc) is 2.29. The zero-order chi connectivity index (χ0) is 11.8. The van der Waals surface area contributed by atoms with Gasteiger partial charge in [-0.1, -0.05) is 32.4 Å². The lowest BCUT2D eigenvalue weighted by Crippen LogP contribution is -2.38. The molecule has 2 rings (SSSR count). The van der Waals surface area contributed by atoms with Gasteiger partial charge in [0.1, 0.15) is 0 Å². The fourth-order valence-corrected chi connectivity index (χ4v) is 3.72. The van der Waals surface area contributed by atoms with Crippen LogP contribution in [0.1, 0.15) is 52.9 Å². The third-order valence-corrected chi connectivity index (χ3v) is 5.38. The first-order valence-corrected chi connectivity index (χ1v) is 6.88. The normalized spacial score (nSPS) is 41.1. The molecular weight excluding hydrogens is 196 g/mol. The summed E-state index contributed by atoms with van der Waals surface area (Å²) in [5, 5.41) is 9.32. The van der Waals surface area contributed by atoms with Crippen LogP contribution in [-0.2, 0) is 0 Å². The highest BCUT2D eigenvalue weighted by Crippen LogP contribution is 2.53. The van der Waals surface area contributed by atoms with E-state index in [2.05, 4.69) is 26.8 Å². The minimum absolute atomic E-state index is 0.355. The van der Waals surface area contributed by atoms with Crippen LogP contribution in [0.2, 0.25) is 0 Å². The van der Waals surface area contributed by atoms with Crippen LogP contribution < -0.4 is 0 Å². The van der Waals surface area contributed by atoms with E-state index >= 15 is 0 Å². The highest BCUT2D eigenvalue weighted by Gasteiger charge is 2.42. The lowest BCUT2D eigenvalue weighted by atomic mass is 9.57. The molecule has 1 fully saturated rings. The molecule has 0 amide bonds. The fraction of sp³-hybridized carbons (Fsp3) is 0.867. The molecule has 0 aromatic carbocycles. The van der Waals surface area contributed by atoms with Gasteiger partial charge in [0, 0.05) is 6.61 Å². The molecule has 4 atom stereocenters. The van der Waals surface area contributed by atoms with Crippen LogP contribution in [0.4, 0.5) is 0 Å². The van der Waals surface area contributed by atoms with E-state index in [-0.39, 0.29) is 0 Å². The van der Waals surface area contributed by atoms with Crippen LogP contribution in [-0.4, -0.2) is 11.7 Å². The van der Waals surface area contributed by atoms with Crippen molar-refractivity contribution in [2.75, 3.05) is 6.61 Å². The molecule has 0 aromatic rings. The van der Waals surface area contributed by atoms with E-state index in [1.807, 2.05) is 0 Å². The summed E-state index contributed by atoms with van der Waals surface area (Å²) in [7, 11) is 0. The highest BCUT2D eigenvalue weighted by atomic mass is 16.3. The minimum Gasteiger partial charge on any atom is -0.396 e. The summed E-state index contributed by atoms with van der Waals surface area (Å²) in [6, 6.07) is 0. The van der Waals surface area contributed by atoms with Crippen molar-refractivity contribution in [3.63, 3.8) is 0 Å². The number of rotatable bonds is 2. The smallest absolute Gasteiger partial charge is 0.0459 e. The van der Waals surface area contributed by atoms with Gasteiger partial charge < -0.3 is 5.11 Å². The molecule has 2 aliphatic carbocycles. The molecule has 0 spiro atoms. The van der Waals surface area contributed by atoms with Gasteiger partial charge in [-0.15, -0.1) is 0 Å². The fourth-order valence-electron chi connectivity index (χ4n) is 3.72. The summed E-state index contributed by atoms with van der Waals surface area (Å²) in [6.07, 6.45) is 8.99. The maximum Gasteiger partial charge on any atom is 0.0459 e. The van der Waals surface area contributed by atoms with E-state index in [4.69, 9.17) is 0 Å². The van der Waals surface area contributed by atoms with Crippen LogP contribution in [0.3, 0.4) is 0 Å². The molecule has 1 N–H and O–H groups in total.